The van der Waals surface area contributed by atoms with Gasteiger partial charge in [-0.3, -0.25) is 4.79 Å². The number of hydrogen-bond acceptors (Lipinski definition) is 5. The number of fused-ring (bicyclic) bond motifs is 1. The maximum atomic E-state index is 11.1. The monoisotopic (exact) mass is 270 g/mol. The summed E-state index contributed by atoms with van der Waals surface area (Å²) >= 11 is 0. The Morgan fingerprint density at radius 3 is 2.70 bits per heavy atom. The van der Waals surface area contributed by atoms with E-state index in [0.717, 1.165) is 17.0 Å². The number of hydrogen-bond donors (Lipinski definition) is 1. The largest absolute Gasteiger partial charge is 0.481 e. The van der Waals surface area contributed by atoms with Crippen molar-refractivity contribution < 1.29 is 9.90 Å². The Morgan fingerprint density at radius 1 is 1.25 bits per heavy atom. The first-order chi connectivity index (χ1) is 9.65. The maximum Gasteiger partial charge on any atom is 0.306 e. The zero-order valence-electron chi connectivity index (χ0n) is 11.1. The van der Waals surface area contributed by atoms with Crippen LogP contribution >= 0.6 is 0 Å². The summed E-state index contributed by atoms with van der Waals surface area (Å²) in [6.45, 7) is 1.89. The lowest BCUT2D eigenvalue weighted by Crippen LogP contribution is -2.24. The van der Waals surface area contributed by atoms with Crippen molar-refractivity contribution >= 4 is 5.97 Å². The predicted octanol–water partition coefficient (Wildman–Crippen LogP) is 1.43. The second-order valence-corrected chi connectivity index (χ2v) is 4.91. The molecule has 0 saturated heterocycles. The minimum absolute atomic E-state index is 0.330. The smallest absolute Gasteiger partial charge is 0.306 e. The Morgan fingerprint density at radius 2 is 2.00 bits per heavy atom. The molecular formula is C14H14N4O2. The predicted molar refractivity (Wildman–Crippen MR) is 70.9 cm³/mol. The second-order valence-electron chi connectivity index (χ2n) is 4.91. The summed E-state index contributed by atoms with van der Waals surface area (Å²) in [5.74, 6) is -0.0662. The Balaban J connectivity index is 2.00. The highest BCUT2D eigenvalue weighted by Gasteiger charge is 2.27. The number of aromatic nitrogens is 4. The average molecular weight is 270 g/mol. The third kappa shape index (κ3) is 2.24. The molecule has 0 radical (unpaired) electrons. The van der Waals surface area contributed by atoms with Gasteiger partial charge >= 0.3 is 5.97 Å². The van der Waals surface area contributed by atoms with Gasteiger partial charge in [0.2, 0.25) is 0 Å². The van der Waals surface area contributed by atoms with E-state index in [1.165, 1.54) is 0 Å². The molecule has 3 rings (SSSR count). The molecular weight excluding hydrogens is 256 g/mol. The van der Waals surface area contributed by atoms with Crippen LogP contribution in [0.2, 0.25) is 0 Å². The summed E-state index contributed by atoms with van der Waals surface area (Å²) in [5.41, 5.74) is 2.71. The van der Waals surface area contributed by atoms with Crippen LogP contribution in [0.4, 0.5) is 0 Å². The summed E-state index contributed by atoms with van der Waals surface area (Å²) < 4.78 is 0. The van der Waals surface area contributed by atoms with Crippen LogP contribution in [-0.2, 0) is 17.6 Å². The fraction of sp³-hybridized carbons (Fsp3) is 0.357. The molecule has 2 aromatic rings. The fourth-order valence-corrected chi connectivity index (χ4v) is 2.51. The number of carbonyl (C=O) groups is 1. The van der Waals surface area contributed by atoms with Gasteiger partial charge in [0.1, 0.15) is 0 Å². The summed E-state index contributed by atoms with van der Waals surface area (Å²) in [5, 5.41) is 9.13. The first-order valence-electron chi connectivity index (χ1n) is 6.51. The van der Waals surface area contributed by atoms with Crippen LogP contribution in [0, 0.1) is 12.8 Å². The van der Waals surface area contributed by atoms with Crippen molar-refractivity contribution in [1.29, 1.82) is 0 Å². The Kier molecular flexibility index (Phi) is 3.14. The van der Waals surface area contributed by atoms with Crippen molar-refractivity contribution in [3.05, 3.63) is 35.4 Å². The molecule has 6 nitrogen and oxygen atoms in total. The van der Waals surface area contributed by atoms with Gasteiger partial charge in [0.15, 0.2) is 11.6 Å². The lowest BCUT2D eigenvalue weighted by Gasteiger charge is -2.22. The minimum Gasteiger partial charge on any atom is -0.481 e. The van der Waals surface area contributed by atoms with Gasteiger partial charge in [-0.1, -0.05) is 0 Å². The van der Waals surface area contributed by atoms with Crippen LogP contribution in [0.1, 0.15) is 23.4 Å². The fourth-order valence-electron chi connectivity index (χ4n) is 2.51. The van der Waals surface area contributed by atoms with Crippen molar-refractivity contribution in [2.75, 3.05) is 0 Å². The highest BCUT2D eigenvalue weighted by molar-refractivity contribution is 5.71. The summed E-state index contributed by atoms with van der Waals surface area (Å²) in [6.07, 6.45) is 5.09. The average Bonchev–Trinajstić information content (AvgIpc) is 2.47. The van der Waals surface area contributed by atoms with Crippen molar-refractivity contribution in [3.63, 3.8) is 0 Å². The molecule has 1 unspecified atom stereocenters. The van der Waals surface area contributed by atoms with Gasteiger partial charge in [-0.2, -0.15) is 0 Å². The SMILES string of the molecule is Cc1nc(-c2ncccn2)nc2c1CC(C(=O)O)CC2. The molecule has 102 valence electrons. The van der Waals surface area contributed by atoms with E-state index < -0.39 is 5.97 Å². The highest BCUT2D eigenvalue weighted by atomic mass is 16.4. The van der Waals surface area contributed by atoms with Crippen molar-refractivity contribution in [3.8, 4) is 11.6 Å². The van der Waals surface area contributed by atoms with Crippen LogP contribution in [0.5, 0.6) is 0 Å². The van der Waals surface area contributed by atoms with E-state index in [1.54, 1.807) is 18.5 Å². The third-order valence-corrected chi connectivity index (χ3v) is 3.59. The number of carboxylic acid groups (broad SMARTS) is 1. The van der Waals surface area contributed by atoms with E-state index in [-0.39, 0.29) is 5.92 Å². The van der Waals surface area contributed by atoms with Gasteiger partial charge in [-0.15, -0.1) is 0 Å². The van der Waals surface area contributed by atoms with E-state index in [9.17, 15) is 4.79 Å². The lowest BCUT2D eigenvalue weighted by atomic mass is 9.86. The summed E-state index contributed by atoms with van der Waals surface area (Å²) in [7, 11) is 0. The van der Waals surface area contributed by atoms with Gasteiger partial charge in [0.05, 0.1) is 5.92 Å². The van der Waals surface area contributed by atoms with Gasteiger partial charge in [0.25, 0.3) is 0 Å². The molecule has 1 aliphatic carbocycles. The Bertz CT molecular complexity index is 658. The number of carboxylic acids is 1. The van der Waals surface area contributed by atoms with Gasteiger partial charge in [-0.05, 0) is 37.8 Å². The zero-order chi connectivity index (χ0) is 14.1. The van der Waals surface area contributed by atoms with Crippen molar-refractivity contribution in [2.45, 2.75) is 26.2 Å². The van der Waals surface area contributed by atoms with E-state index in [4.69, 9.17) is 5.11 Å². The number of nitrogens with zero attached hydrogens (tertiary/aromatic N) is 4. The standard InChI is InChI=1S/C14H14N4O2/c1-8-10-7-9(14(19)20)3-4-11(10)18-13(17-8)12-15-5-2-6-16-12/h2,5-6,9H,3-4,7H2,1H3,(H,19,20). The molecule has 0 aliphatic heterocycles. The molecule has 0 fully saturated rings. The molecule has 0 amide bonds. The Hall–Kier alpha value is -2.37. The number of aryl methyl sites for hydroxylation is 2. The first-order valence-corrected chi connectivity index (χ1v) is 6.51. The quantitative estimate of drug-likeness (QED) is 0.888. The summed E-state index contributed by atoms with van der Waals surface area (Å²) in [6, 6.07) is 1.74. The van der Waals surface area contributed by atoms with Gasteiger partial charge in [-0.25, -0.2) is 19.9 Å². The van der Waals surface area contributed by atoms with E-state index >= 15 is 0 Å². The van der Waals surface area contributed by atoms with Gasteiger partial charge < -0.3 is 5.11 Å². The molecule has 0 bridgehead atoms. The van der Waals surface area contributed by atoms with Crippen LogP contribution in [0.25, 0.3) is 11.6 Å². The van der Waals surface area contributed by atoms with Crippen molar-refractivity contribution in [1.82, 2.24) is 19.9 Å². The molecule has 0 spiro atoms. The van der Waals surface area contributed by atoms with Crippen molar-refractivity contribution in [2.24, 2.45) is 5.92 Å². The molecule has 1 atom stereocenters. The molecule has 1 aliphatic rings. The maximum absolute atomic E-state index is 11.1. The first kappa shape index (κ1) is 12.7. The van der Waals surface area contributed by atoms with E-state index in [1.807, 2.05) is 6.92 Å². The molecule has 0 aromatic carbocycles. The zero-order valence-corrected chi connectivity index (χ0v) is 11.1. The molecule has 20 heavy (non-hydrogen) atoms. The number of aliphatic carboxylic acids is 1. The minimum atomic E-state index is -0.745. The molecule has 0 saturated carbocycles. The van der Waals surface area contributed by atoms with Crippen LogP contribution in [0.15, 0.2) is 18.5 Å². The summed E-state index contributed by atoms with van der Waals surface area (Å²) in [4.78, 5) is 28.3. The van der Waals surface area contributed by atoms with Crippen LogP contribution < -0.4 is 0 Å². The second kappa shape index (κ2) is 4.96. The Labute approximate surface area is 116 Å². The van der Waals surface area contributed by atoms with Crippen LogP contribution in [-0.4, -0.2) is 31.0 Å². The highest BCUT2D eigenvalue weighted by Crippen LogP contribution is 2.27. The topological polar surface area (TPSA) is 88.9 Å². The van der Waals surface area contributed by atoms with E-state index in [2.05, 4.69) is 19.9 Å². The lowest BCUT2D eigenvalue weighted by molar-refractivity contribution is -0.142. The third-order valence-electron chi connectivity index (χ3n) is 3.59. The van der Waals surface area contributed by atoms with Crippen LogP contribution in [0.3, 0.4) is 0 Å². The molecule has 2 aromatic heterocycles. The molecule has 1 N–H and O–H groups in total. The molecule has 6 heteroatoms. The molecule has 2 heterocycles. The van der Waals surface area contributed by atoms with Gasteiger partial charge in [0, 0.05) is 23.8 Å². The van der Waals surface area contributed by atoms with E-state index in [0.29, 0.717) is 30.9 Å². The number of rotatable bonds is 2. The normalized spacial score (nSPS) is 17.6.